The van der Waals surface area contributed by atoms with E-state index >= 15 is 0 Å². The number of rotatable bonds is 4. The smallest absolute Gasteiger partial charge is 0.180 e. The molecule has 0 radical (unpaired) electrons. The molecule has 1 unspecified atom stereocenters. The summed E-state index contributed by atoms with van der Waals surface area (Å²) in [6, 6.07) is 3.42. The van der Waals surface area contributed by atoms with Crippen molar-refractivity contribution in [1.82, 2.24) is 4.90 Å². The zero-order valence-corrected chi connectivity index (χ0v) is 11.9. The summed E-state index contributed by atoms with van der Waals surface area (Å²) in [6.45, 7) is 3.64. The van der Waals surface area contributed by atoms with E-state index in [2.05, 4.69) is 0 Å². The van der Waals surface area contributed by atoms with Crippen molar-refractivity contribution >= 4 is 5.78 Å². The molecule has 1 atom stereocenters. The summed E-state index contributed by atoms with van der Waals surface area (Å²) in [4.78, 5) is 14.2. The van der Waals surface area contributed by atoms with Crippen molar-refractivity contribution in [2.45, 2.75) is 25.4 Å². The molecule has 1 saturated heterocycles. The maximum absolute atomic E-state index is 13.2. The van der Waals surface area contributed by atoms with Crippen molar-refractivity contribution in [3.63, 3.8) is 0 Å². The Labute approximate surface area is 118 Å². The van der Waals surface area contributed by atoms with Crippen molar-refractivity contribution < 1.29 is 19.0 Å². The van der Waals surface area contributed by atoms with Crippen LogP contribution in [0.5, 0.6) is 5.75 Å². The SMILES string of the molecule is COC1(C)CCCN(CC(=O)c2cc(F)ccc2O)C1. The Morgan fingerprint density at radius 3 is 3.00 bits per heavy atom. The lowest BCUT2D eigenvalue weighted by atomic mass is 9.94. The van der Waals surface area contributed by atoms with Gasteiger partial charge in [0.25, 0.3) is 0 Å². The van der Waals surface area contributed by atoms with Crippen molar-refractivity contribution in [3.05, 3.63) is 29.6 Å². The fourth-order valence-corrected chi connectivity index (χ4v) is 2.63. The highest BCUT2D eigenvalue weighted by molar-refractivity contribution is 6.00. The van der Waals surface area contributed by atoms with Crippen LogP contribution in [0, 0.1) is 5.82 Å². The molecule has 20 heavy (non-hydrogen) atoms. The van der Waals surface area contributed by atoms with Crippen LogP contribution in [0.25, 0.3) is 0 Å². The highest BCUT2D eigenvalue weighted by atomic mass is 19.1. The van der Waals surface area contributed by atoms with Gasteiger partial charge in [-0.25, -0.2) is 4.39 Å². The molecular formula is C15H20FNO3. The van der Waals surface area contributed by atoms with Gasteiger partial charge in [-0.2, -0.15) is 0 Å². The Balaban J connectivity index is 2.06. The first-order valence-corrected chi connectivity index (χ1v) is 6.73. The molecule has 5 heteroatoms. The Bertz CT molecular complexity index is 506. The quantitative estimate of drug-likeness (QED) is 0.860. The second-order valence-electron chi connectivity index (χ2n) is 5.55. The number of benzene rings is 1. The van der Waals surface area contributed by atoms with Gasteiger partial charge in [0.2, 0.25) is 0 Å². The highest BCUT2D eigenvalue weighted by Crippen LogP contribution is 2.25. The molecule has 0 bridgehead atoms. The lowest BCUT2D eigenvalue weighted by Crippen LogP contribution is -2.48. The predicted molar refractivity (Wildman–Crippen MR) is 73.5 cm³/mol. The molecule has 0 aromatic heterocycles. The molecule has 2 rings (SSSR count). The maximum Gasteiger partial charge on any atom is 0.180 e. The van der Waals surface area contributed by atoms with Gasteiger partial charge in [0.1, 0.15) is 11.6 Å². The number of piperidine rings is 1. The van der Waals surface area contributed by atoms with Crippen molar-refractivity contribution in [1.29, 1.82) is 0 Å². The fraction of sp³-hybridized carbons (Fsp3) is 0.533. The molecule has 1 N–H and O–H groups in total. The summed E-state index contributed by atoms with van der Waals surface area (Å²) in [6.07, 6.45) is 1.91. The van der Waals surface area contributed by atoms with Crippen LogP contribution in [0.3, 0.4) is 0 Å². The molecule has 110 valence electrons. The standard InChI is InChI=1S/C15H20FNO3/c1-15(20-2)6-3-7-17(10-15)9-14(19)12-8-11(16)4-5-13(12)18/h4-5,8,18H,3,6-7,9-10H2,1-2H3. The van der Waals surface area contributed by atoms with Gasteiger partial charge < -0.3 is 9.84 Å². The number of hydrogen-bond donors (Lipinski definition) is 1. The zero-order valence-electron chi connectivity index (χ0n) is 11.9. The monoisotopic (exact) mass is 281 g/mol. The lowest BCUT2D eigenvalue weighted by Gasteiger charge is -2.39. The number of halogens is 1. The minimum Gasteiger partial charge on any atom is -0.507 e. The summed E-state index contributed by atoms with van der Waals surface area (Å²) >= 11 is 0. The van der Waals surface area contributed by atoms with E-state index in [1.165, 1.54) is 6.07 Å². The van der Waals surface area contributed by atoms with Gasteiger partial charge in [-0.05, 0) is 44.5 Å². The van der Waals surface area contributed by atoms with Crippen LogP contribution in [0.2, 0.25) is 0 Å². The molecule has 0 aliphatic carbocycles. The summed E-state index contributed by atoms with van der Waals surface area (Å²) in [5.41, 5.74) is -0.211. The van der Waals surface area contributed by atoms with Crippen LogP contribution in [-0.2, 0) is 4.74 Å². The third-order valence-electron chi connectivity index (χ3n) is 3.86. The fourth-order valence-electron chi connectivity index (χ4n) is 2.63. The second kappa shape index (κ2) is 5.89. The van der Waals surface area contributed by atoms with E-state index < -0.39 is 5.82 Å². The number of Topliss-reactive ketones (excluding diaryl/α,β-unsaturated/α-hetero) is 1. The third kappa shape index (κ3) is 3.35. The number of aromatic hydroxyl groups is 1. The van der Waals surface area contributed by atoms with Crippen molar-refractivity contribution in [2.75, 3.05) is 26.7 Å². The van der Waals surface area contributed by atoms with Crippen LogP contribution in [-0.4, -0.2) is 48.1 Å². The number of ketones is 1. The van der Waals surface area contributed by atoms with Crippen LogP contribution < -0.4 is 0 Å². The minimum absolute atomic E-state index is 0.0368. The molecule has 1 aliphatic heterocycles. The number of carbonyl (C=O) groups excluding carboxylic acids is 1. The molecule has 1 fully saturated rings. The number of methoxy groups -OCH3 is 1. The molecule has 0 spiro atoms. The van der Waals surface area contributed by atoms with Crippen molar-refractivity contribution in [3.8, 4) is 5.75 Å². The summed E-state index contributed by atoms with van der Waals surface area (Å²) in [5, 5.41) is 9.65. The zero-order chi connectivity index (χ0) is 14.8. The van der Waals surface area contributed by atoms with E-state index in [0.29, 0.717) is 6.54 Å². The normalized spacial score (nSPS) is 23.8. The van der Waals surface area contributed by atoms with Crippen LogP contribution in [0.15, 0.2) is 18.2 Å². The molecule has 0 saturated carbocycles. The molecule has 1 aromatic carbocycles. The average molecular weight is 281 g/mol. The van der Waals surface area contributed by atoms with E-state index in [9.17, 15) is 14.3 Å². The predicted octanol–water partition coefficient (Wildman–Crippen LogP) is 2.21. The number of ether oxygens (including phenoxy) is 1. The van der Waals surface area contributed by atoms with Gasteiger partial charge in [0, 0.05) is 13.7 Å². The number of hydrogen-bond acceptors (Lipinski definition) is 4. The van der Waals surface area contributed by atoms with Crippen LogP contribution in [0.4, 0.5) is 4.39 Å². The third-order valence-corrected chi connectivity index (χ3v) is 3.86. The van der Waals surface area contributed by atoms with Gasteiger partial charge in [-0.1, -0.05) is 0 Å². The van der Waals surface area contributed by atoms with Gasteiger partial charge in [0.15, 0.2) is 5.78 Å². The van der Waals surface area contributed by atoms with E-state index in [0.717, 1.165) is 31.5 Å². The van der Waals surface area contributed by atoms with E-state index in [-0.39, 0.29) is 29.2 Å². The first kappa shape index (κ1) is 14.9. The number of phenols is 1. The Morgan fingerprint density at radius 1 is 1.55 bits per heavy atom. The average Bonchev–Trinajstić information content (AvgIpc) is 2.41. The minimum atomic E-state index is -0.522. The summed E-state index contributed by atoms with van der Waals surface area (Å²) in [5.74, 6) is -0.975. The molecule has 4 nitrogen and oxygen atoms in total. The van der Waals surface area contributed by atoms with Gasteiger partial charge in [-0.3, -0.25) is 9.69 Å². The number of phenolic OH excluding ortho intramolecular Hbond substituents is 1. The molecule has 1 aliphatic rings. The van der Waals surface area contributed by atoms with Gasteiger partial charge in [0.05, 0.1) is 17.7 Å². The number of nitrogens with zero attached hydrogens (tertiary/aromatic N) is 1. The van der Waals surface area contributed by atoms with E-state index in [1.54, 1.807) is 7.11 Å². The van der Waals surface area contributed by atoms with E-state index in [1.807, 2.05) is 11.8 Å². The Morgan fingerprint density at radius 2 is 2.30 bits per heavy atom. The number of likely N-dealkylation sites (tertiary alicyclic amines) is 1. The Hall–Kier alpha value is -1.46. The first-order valence-electron chi connectivity index (χ1n) is 6.73. The second-order valence-corrected chi connectivity index (χ2v) is 5.55. The Kier molecular flexibility index (Phi) is 4.40. The summed E-state index contributed by atoms with van der Waals surface area (Å²) < 4.78 is 18.6. The molecule has 1 aromatic rings. The van der Waals surface area contributed by atoms with Crippen LogP contribution >= 0.6 is 0 Å². The van der Waals surface area contributed by atoms with Gasteiger partial charge >= 0.3 is 0 Å². The maximum atomic E-state index is 13.2. The first-order chi connectivity index (χ1) is 9.43. The lowest BCUT2D eigenvalue weighted by molar-refractivity contribution is -0.0485. The molecule has 1 heterocycles. The van der Waals surface area contributed by atoms with Gasteiger partial charge in [-0.15, -0.1) is 0 Å². The molecule has 0 amide bonds. The topological polar surface area (TPSA) is 49.8 Å². The van der Waals surface area contributed by atoms with Crippen LogP contribution in [0.1, 0.15) is 30.1 Å². The molecular weight excluding hydrogens is 261 g/mol. The highest BCUT2D eigenvalue weighted by Gasteiger charge is 2.31. The summed E-state index contributed by atoms with van der Waals surface area (Å²) in [7, 11) is 1.67. The van der Waals surface area contributed by atoms with E-state index in [4.69, 9.17) is 4.74 Å². The number of carbonyl (C=O) groups is 1. The van der Waals surface area contributed by atoms with Crippen molar-refractivity contribution in [2.24, 2.45) is 0 Å². The largest absolute Gasteiger partial charge is 0.507 e.